The van der Waals surface area contributed by atoms with Crippen molar-refractivity contribution in [1.82, 2.24) is 0 Å². The van der Waals surface area contributed by atoms with Gasteiger partial charge in [-0.05, 0) is 25.0 Å². The number of nitrogens with one attached hydrogen (secondary N) is 1. The predicted molar refractivity (Wildman–Crippen MR) is 102 cm³/mol. The topological polar surface area (TPSA) is 104 Å². The van der Waals surface area contributed by atoms with Crippen molar-refractivity contribution in [3.05, 3.63) is 18.2 Å². The number of quaternary nitrogens is 1. The van der Waals surface area contributed by atoms with E-state index in [1.807, 2.05) is 0 Å². The molecule has 0 fully saturated rings. The van der Waals surface area contributed by atoms with Gasteiger partial charge >= 0.3 is 0 Å². The van der Waals surface area contributed by atoms with Crippen LogP contribution >= 0.6 is 0 Å². The molecule has 0 saturated carbocycles. The molecule has 3 N–H and O–H groups in total. The molecular weight excluding hydrogens is 348 g/mol. The lowest BCUT2D eigenvalue weighted by atomic mass is 9.99. The molecule has 1 amide bonds. The smallest absolute Gasteiger partial charge is 0.230 e. The number of anilines is 1. The minimum Gasteiger partial charge on any atom is -0.544 e. The summed E-state index contributed by atoms with van der Waals surface area (Å²) in [6, 6.07) is 4.10. The van der Waals surface area contributed by atoms with Gasteiger partial charge in [0.05, 0.1) is 38.8 Å². The molecule has 7 heteroatoms. The number of carboxylic acid groups (broad SMARTS) is 1. The number of carbonyl (C=O) groups is 2. The monoisotopic (exact) mass is 380 g/mol. The van der Waals surface area contributed by atoms with E-state index in [-0.39, 0.29) is 6.42 Å². The van der Waals surface area contributed by atoms with Gasteiger partial charge in [-0.25, -0.2) is 0 Å². The van der Waals surface area contributed by atoms with Crippen LogP contribution < -0.4 is 25.2 Å². The van der Waals surface area contributed by atoms with Gasteiger partial charge in [0.2, 0.25) is 5.91 Å². The molecule has 0 heterocycles. The largest absolute Gasteiger partial charge is 0.544 e. The number of unbranched alkanes of at least 4 members (excludes halogenated alkanes) is 1. The van der Waals surface area contributed by atoms with Crippen molar-refractivity contribution in [3.8, 4) is 11.5 Å². The fourth-order valence-corrected chi connectivity index (χ4v) is 2.91. The molecule has 1 rings (SSSR count). The highest BCUT2D eigenvalue weighted by molar-refractivity contribution is 5.94. The van der Waals surface area contributed by atoms with Crippen LogP contribution in [0.2, 0.25) is 0 Å². The fourth-order valence-electron chi connectivity index (χ4n) is 2.91. The van der Waals surface area contributed by atoms with Crippen molar-refractivity contribution < 1.29 is 29.5 Å². The van der Waals surface area contributed by atoms with Crippen molar-refractivity contribution >= 4 is 17.6 Å². The van der Waals surface area contributed by atoms with Gasteiger partial charge in [-0.2, -0.15) is 0 Å². The first-order valence-corrected chi connectivity index (χ1v) is 9.51. The maximum absolute atomic E-state index is 12.4. The molecule has 1 aromatic carbocycles. The second-order valence-electron chi connectivity index (χ2n) is 6.63. The number of hydrogen-bond donors (Lipinski definition) is 2. The van der Waals surface area contributed by atoms with Gasteiger partial charge in [-0.3, -0.25) is 4.79 Å². The Bertz CT molecular complexity index is 606. The Labute approximate surface area is 161 Å². The summed E-state index contributed by atoms with van der Waals surface area (Å²) in [4.78, 5) is 23.8. The van der Waals surface area contributed by atoms with Gasteiger partial charge in [0.1, 0.15) is 17.5 Å². The van der Waals surface area contributed by atoms with Crippen LogP contribution in [0.4, 0.5) is 5.69 Å². The van der Waals surface area contributed by atoms with Crippen LogP contribution in [0.15, 0.2) is 18.2 Å². The van der Waals surface area contributed by atoms with Gasteiger partial charge < -0.3 is 30.0 Å². The zero-order valence-electron chi connectivity index (χ0n) is 16.7. The number of hydrogen-bond acceptors (Lipinski definition) is 5. The SMILES string of the molecule is CCCC[C@@H](CC)C[NH2+][C@@H](CC(=O)Nc1cc(OC)ccc1OC)C(=O)[O-]. The molecular formula is C20H32N2O5. The number of aliphatic carboxylic acids is 1. The number of benzene rings is 1. The molecule has 27 heavy (non-hydrogen) atoms. The molecule has 0 saturated heterocycles. The van der Waals surface area contributed by atoms with Crippen LogP contribution in [0.1, 0.15) is 46.0 Å². The van der Waals surface area contributed by atoms with E-state index in [2.05, 4.69) is 19.2 Å². The van der Waals surface area contributed by atoms with E-state index in [1.165, 1.54) is 14.2 Å². The molecule has 7 nitrogen and oxygen atoms in total. The summed E-state index contributed by atoms with van der Waals surface area (Å²) in [5.41, 5.74) is 0.438. The first-order valence-electron chi connectivity index (χ1n) is 9.51. The number of carbonyl (C=O) groups excluding carboxylic acids is 2. The van der Waals surface area contributed by atoms with Crippen LogP contribution in [-0.4, -0.2) is 38.7 Å². The number of methoxy groups -OCH3 is 2. The lowest BCUT2D eigenvalue weighted by Crippen LogP contribution is -2.94. The number of ether oxygens (including phenoxy) is 2. The molecule has 0 spiro atoms. The second kappa shape index (κ2) is 12.2. The van der Waals surface area contributed by atoms with Crippen molar-refractivity contribution in [2.45, 2.75) is 52.0 Å². The van der Waals surface area contributed by atoms with E-state index in [9.17, 15) is 14.7 Å². The van der Waals surface area contributed by atoms with Crippen molar-refractivity contribution in [2.75, 3.05) is 26.1 Å². The zero-order chi connectivity index (χ0) is 20.2. The number of carboxylic acids is 1. The van der Waals surface area contributed by atoms with Gasteiger partial charge in [-0.15, -0.1) is 0 Å². The van der Waals surface area contributed by atoms with Crippen LogP contribution in [0.25, 0.3) is 0 Å². The van der Waals surface area contributed by atoms with Crippen LogP contribution in [0.5, 0.6) is 11.5 Å². The van der Waals surface area contributed by atoms with E-state index >= 15 is 0 Å². The highest BCUT2D eigenvalue weighted by Crippen LogP contribution is 2.28. The summed E-state index contributed by atoms with van der Waals surface area (Å²) in [6.07, 6.45) is 4.12. The third-order valence-electron chi connectivity index (χ3n) is 4.69. The molecule has 2 atom stereocenters. The van der Waals surface area contributed by atoms with Gasteiger partial charge in [-0.1, -0.05) is 26.7 Å². The lowest BCUT2D eigenvalue weighted by molar-refractivity contribution is -0.687. The van der Waals surface area contributed by atoms with E-state index in [4.69, 9.17) is 9.47 Å². The summed E-state index contributed by atoms with van der Waals surface area (Å²) < 4.78 is 10.4. The highest BCUT2D eigenvalue weighted by atomic mass is 16.5. The lowest BCUT2D eigenvalue weighted by Gasteiger charge is -2.20. The average Bonchev–Trinajstić information content (AvgIpc) is 2.66. The predicted octanol–water partition coefficient (Wildman–Crippen LogP) is 0.931. The Morgan fingerprint density at radius 1 is 1.22 bits per heavy atom. The third-order valence-corrected chi connectivity index (χ3v) is 4.69. The molecule has 0 aliphatic rings. The molecule has 0 unspecified atom stereocenters. The molecule has 0 aliphatic heterocycles. The summed E-state index contributed by atoms with van der Waals surface area (Å²) in [5, 5.41) is 15.9. The van der Waals surface area contributed by atoms with Crippen LogP contribution in [0.3, 0.4) is 0 Å². The quantitative estimate of drug-likeness (QED) is 0.530. The van der Waals surface area contributed by atoms with Crippen LogP contribution in [-0.2, 0) is 9.59 Å². The first-order chi connectivity index (χ1) is 12.9. The molecule has 152 valence electrons. The van der Waals surface area contributed by atoms with E-state index in [1.54, 1.807) is 23.5 Å². The van der Waals surface area contributed by atoms with E-state index < -0.39 is 17.9 Å². The fraction of sp³-hybridized carbons (Fsp3) is 0.600. The van der Waals surface area contributed by atoms with Crippen molar-refractivity contribution in [2.24, 2.45) is 5.92 Å². The minimum atomic E-state index is -1.23. The Kier molecular flexibility index (Phi) is 10.3. The normalized spacial score (nSPS) is 12.9. The third kappa shape index (κ3) is 7.86. The number of rotatable bonds is 13. The molecule has 1 aromatic rings. The van der Waals surface area contributed by atoms with Crippen LogP contribution in [0, 0.1) is 5.92 Å². The van der Waals surface area contributed by atoms with Gasteiger partial charge in [0.15, 0.2) is 0 Å². The van der Waals surface area contributed by atoms with Gasteiger partial charge in [0, 0.05) is 12.0 Å². The van der Waals surface area contributed by atoms with Crippen molar-refractivity contribution in [1.29, 1.82) is 0 Å². The molecule has 0 radical (unpaired) electrons. The summed E-state index contributed by atoms with van der Waals surface area (Å²) in [5.74, 6) is -0.158. The minimum absolute atomic E-state index is 0.174. The Hall–Kier alpha value is -2.28. The summed E-state index contributed by atoms with van der Waals surface area (Å²) in [6.45, 7) is 4.91. The van der Waals surface area contributed by atoms with Crippen molar-refractivity contribution in [3.63, 3.8) is 0 Å². The highest BCUT2D eigenvalue weighted by Gasteiger charge is 2.21. The molecule has 0 aliphatic carbocycles. The van der Waals surface area contributed by atoms with Gasteiger partial charge in [0.25, 0.3) is 0 Å². The Morgan fingerprint density at radius 2 is 1.96 bits per heavy atom. The summed E-state index contributed by atoms with van der Waals surface area (Å²) >= 11 is 0. The Morgan fingerprint density at radius 3 is 2.52 bits per heavy atom. The van der Waals surface area contributed by atoms with E-state index in [0.717, 1.165) is 25.7 Å². The summed E-state index contributed by atoms with van der Waals surface area (Å²) in [7, 11) is 3.02. The maximum Gasteiger partial charge on any atom is 0.230 e. The average molecular weight is 380 g/mol. The standard InChI is InChI=1S/C20H32N2O5/c1-5-7-8-14(6-2)13-21-17(20(24)25)12-19(23)22-16-11-15(26-3)9-10-18(16)27-4/h9-11,14,17,21H,5-8,12-13H2,1-4H3,(H,22,23)(H,24,25)/t14-,17+/m1/s1. The second-order valence-corrected chi connectivity index (χ2v) is 6.63. The molecule has 0 aromatic heterocycles. The zero-order valence-corrected chi connectivity index (χ0v) is 16.7. The number of amides is 1. The Balaban J connectivity index is 2.69. The number of nitrogens with two attached hydrogens (primary N) is 1. The van der Waals surface area contributed by atoms with E-state index in [0.29, 0.717) is 29.6 Å². The molecule has 0 bridgehead atoms. The first kappa shape index (κ1) is 22.8. The maximum atomic E-state index is 12.4.